The second-order valence-corrected chi connectivity index (χ2v) is 6.78. The van der Waals surface area contributed by atoms with E-state index in [0.717, 1.165) is 17.7 Å². The van der Waals surface area contributed by atoms with Crippen LogP contribution in [-0.4, -0.2) is 30.4 Å². The molecule has 1 saturated carbocycles. The van der Waals surface area contributed by atoms with Gasteiger partial charge in [0, 0.05) is 17.0 Å². The Morgan fingerprint density at radius 1 is 1.15 bits per heavy atom. The summed E-state index contributed by atoms with van der Waals surface area (Å²) in [6.07, 6.45) is 4.86. The quantitative estimate of drug-likeness (QED) is 0.580. The van der Waals surface area contributed by atoms with Crippen molar-refractivity contribution in [2.24, 2.45) is 0 Å². The summed E-state index contributed by atoms with van der Waals surface area (Å²) < 4.78 is 4.92. The van der Waals surface area contributed by atoms with Crippen LogP contribution >= 0.6 is 11.3 Å². The fourth-order valence-electron chi connectivity index (χ4n) is 2.19. The van der Waals surface area contributed by atoms with Crippen molar-refractivity contribution in [1.82, 2.24) is 5.32 Å². The first kappa shape index (κ1) is 17.9. The van der Waals surface area contributed by atoms with Crippen LogP contribution in [0.2, 0.25) is 0 Å². The first-order valence-electron chi connectivity index (χ1n) is 8.20. The van der Waals surface area contributed by atoms with Gasteiger partial charge in [-0.2, -0.15) is 0 Å². The Hall–Kier alpha value is -2.93. The molecule has 0 aliphatic heterocycles. The normalized spacial score (nSPS) is 13.4. The Morgan fingerprint density at radius 2 is 1.96 bits per heavy atom. The molecule has 0 bridgehead atoms. The molecule has 6 nitrogen and oxygen atoms in total. The maximum Gasteiger partial charge on any atom is 0.331 e. The number of para-hydroxylation sites is 1. The van der Waals surface area contributed by atoms with Gasteiger partial charge in [-0.3, -0.25) is 9.59 Å². The SMILES string of the molecule is O=C(COC(=O)/C=C/c1cccs1)Nc1ccccc1C(=O)NC1CC1. The van der Waals surface area contributed by atoms with Crippen LogP contribution in [0.4, 0.5) is 5.69 Å². The number of thiophene rings is 1. The average molecular weight is 370 g/mol. The molecule has 0 unspecified atom stereocenters. The molecule has 1 heterocycles. The topological polar surface area (TPSA) is 84.5 Å². The molecule has 1 aliphatic carbocycles. The van der Waals surface area contributed by atoms with Gasteiger partial charge in [0.15, 0.2) is 6.61 Å². The number of rotatable bonds is 7. The lowest BCUT2D eigenvalue weighted by Crippen LogP contribution is -2.27. The fourth-order valence-corrected chi connectivity index (χ4v) is 2.81. The molecule has 0 atom stereocenters. The average Bonchev–Trinajstić information content (AvgIpc) is 3.29. The highest BCUT2D eigenvalue weighted by Gasteiger charge is 2.25. The zero-order valence-electron chi connectivity index (χ0n) is 13.9. The number of anilines is 1. The van der Waals surface area contributed by atoms with Crippen molar-refractivity contribution in [2.45, 2.75) is 18.9 Å². The lowest BCUT2D eigenvalue weighted by Gasteiger charge is -2.11. The van der Waals surface area contributed by atoms with Crippen molar-refractivity contribution in [3.63, 3.8) is 0 Å². The Kier molecular flexibility index (Phi) is 5.80. The lowest BCUT2D eigenvalue weighted by atomic mass is 10.1. The van der Waals surface area contributed by atoms with Gasteiger partial charge in [0.2, 0.25) is 0 Å². The predicted octanol–water partition coefficient (Wildman–Crippen LogP) is 2.84. The number of carbonyl (C=O) groups is 3. The minimum Gasteiger partial charge on any atom is -0.452 e. The highest BCUT2D eigenvalue weighted by molar-refractivity contribution is 7.10. The van der Waals surface area contributed by atoms with E-state index in [2.05, 4.69) is 10.6 Å². The van der Waals surface area contributed by atoms with Gasteiger partial charge in [0.05, 0.1) is 11.3 Å². The van der Waals surface area contributed by atoms with Gasteiger partial charge in [-0.1, -0.05) is 18.2 Å². The van der Waals surface area contributed by atoms with E-state index in [1.807, 2.05) is 17.5 Å². The Labute approximate surface area is 154 Å². The van der Waals surface area contributed by atoms with E-state index < -0.39 is 18.5 Å². The molecule has 0 spiro atoms. The van der Waals surface area contributed by atoms with Crippen LogP contribution in [0.15, 0.2) is 47.9 Å². The molecule has 3 rings (SSSR count). The van der Waals surface area contributed by atoms with Crippen LogP contribution in [0.3, 0.4) is 0 Å². The van der Waals surface area contributed by atoms with Crippen molar-refractivity contribution in [3.05, 3.63) is 58.3 Å². The van der Waals surface area contributed by atoms with Crippen molar-refractivity contribution in [2.75, 3.05) is 11.9 Å². The second kappa shape index (κ2) is 8.44. The molecule has 1 aromatic heterocycles. The summed E-state index contributed by atoms with van der Waals surface area (Å²) in [6.45, 7) is -0.424. The Balaban J connectivity index is 1.51. The number of ether oxygens (including phenoxy) is 1. The maximum atomic E-state index is 12.2. The smallest absolute Gasteiger partial charge is 0.331 e. The lowest BCUT2D eigenvalue weighted by molar-refractivity contribution is -0.142. The summed E-state index contributed by atoms with van der Waals surface area (Å²) in [4.78, 5) is 36.8. The first-order chi connectivity index (χ1) is 12.6. The summed E-state index contributed by atoms with van der Waals surface area (Å²) in [7, 11) is 0. The third-order valence-corrected chi connectivity index (χ3v) is 4.47. The number of amides is 2. The van der Waals surface area contributed by atoms with Crippen LogP contribution in [0.1, 0.15) is 28.1 Å². The maximum absolute atomic E-state index is 12.2. The van der Waals surface area contributed by atoms with Crippen LogP contribution in [-0.2, 0) is 14.3 Å². The van der Waals surface area contributed by atoms with E-state index in [0.29, 0.717) is 11.3 Å². The number of esters is 1. The largest absolute Gasteiger partial charge is 0.452 e. The van der Waals surface area contributed by atoms with Crippen molar-refractivity contribution in [1.29, 1.82) is 0 Å². The van der Waals surface area contributed by atoms with Gasteiger partial charge in [-0.15, -0.1) is 11.3 Å². The number of carbonyl (C=O) groups excluding carboxylic acids is 3. The summed E-state index contributed by atoms with van der Waals surface area (Å²) in [5.74, 6) is -1.33. The summed E-state index contributed by atoms with van der Waals surface area (Å²) in [5.41, 5.74) is 0.775. The van der Waals surface area contributed by atoms with E-state index in [1.165, 1.54) is 17.4 Å². The molecule has 7 heteroatoms. The molecule has 134 valence electrons. The second-order valence-electron chi connectivity index (χ2n) is 5.80. The predicted molar refractivity (Wildman–Crippen MR) is 99.9 cm³/mol. The van der Waals surface area contributed by atoms with Gasteiger partial charge < -0.3 is 15.4 Å². The summed E-state index contributed by atoms with van der Waals surface area (Å²) in [5, 5.41) is 7.39. The van der Waals surface area contributed by atoms with Gasteiger partial charge in [0.25, 0.3) is 11.8 Å². The van der Waals surface area contributed by atoms with Crippen molar-refractivity contribution in [3.8, 4) is 0 Å². The molecular weight excluding hydrogens is 352 g/mol. The van der Waals surface area contributed by atoms with E-state index in [1.54, 1.807) is 30.3 Å². The third-order valence-electron chi connectivity index (χ3n) is 3.63. The van der Waals surface area contributed by atoms with E-state index >= 15 is 0 Å². The van der Waals surface area contributed by atoms with Gasteiger partial charge in [0.1, 0.15) is 0 Å². The molecule has 2 aromatic rings. The molecule has 1 aromatic carbocycles. The molecule has 2 amide bonds. The number of hydrogen-bond acceptors (Lipinski definition) is 5. The van der Waals surface area contributed by atoms with E-state index in [4.69, 9.17) is 4.74 Å². The molecule has 0 radical (unpaired) electrons. The molecule has 0 saturated heterocycles. The summed E-state index contributed by atoms with van der Waals surface area (Å²) in [6, 6.07) is 10.7. The summed E-state index contributed by atoms with van der Waals surface area (Å²) >= 11 is 1.49. The van der Waals surface area contributed by atoms with Crippen LogP contribution in [0.5, 0.6) is 0 Å². The van der Waals surface area contributed by atoms with E-state index in [9.17, 15) is 14.4 Å². The fraction of sp³-hybridized carbons (Fsp3) is 0.211. The standard InChI is InChI=1S/C19H18N2O4S/c22-17(12-25-18(23)10-9-14-4-3-11-26-14)21-16-6-2-1-5-15(16)19(24)20-13-7-8-13/h1-6,9-11,13H,7-8,12H2,(H,20,24)(H,21,22)/b10-9+. The van der Waals surface area contributed by atoms with Crippen LogP contribution in [0, 0.1) is 0 Å². The minimum absolute atomic E-state index is 0.223. The van der Waals surface area contributed by atoms with E-state index in [-0.39, 0.29) is 11.9 Å². The molecule has 1 fully saturated rings. The highest BCUT2D eigenvalue weighted by Crippen LogP contribution is 2.21. The zero-order valence-corrected chi connectivity index (χ0v) is 14.8. The third kappa shape index (κ3) is 5.29. The minimum atomic E-state index is -0.603. The number of hydrogen-bond donors (Lipinski definition) is 2. The molecule has 1 aliphatic rings. The van der Waals surface area contributed by atoms with Crippen molar-refractivity contribution < 1.29 is 19.1 Å². The van der Waals surface area contributed by atoms with Gasteiger partial charge >= 0.3 is 5.97 Å². The molecular formula is C19H18N2O4S. The molecule has 2 N–H and O–H groups in total. The zero-order chi connectivity index (χ0) is 18.4. The van der Waals surface area contributed by atoms with Crippen molar-refractivity contribution >= 4 is 40.9 Å². The van der Waals surface area contributed by atoms with Gasteiger partial charge in [-0.25, -0.2) is 4.79 Å². The highest BCUT2D eigenvalue weighted by atomic mass is 32.1. The number of benzene rings is 1. The van der Waals surface area contributed by atoms with Gasteiger partial charge in [-0.05, 0) is 42.5 Å². The van der Waals surface area contributed by atoms with Crippen LogP contribution < -0.4 is 10.6 Å². The molecule has 26 heavy (non-hydrogen) atoms. The Morgan fingerprint density at radius 3 is 2.69 bits per heavy atom. The first-order valence-corrected chi connectivity index (χ1v) is 9.08. The van der Waals surface area contributed by atoms with Crippen LogP contribution in [0.25, 0.3) is 6.08 Å². The number of nitrogens with one attached hydrogen (secondary N) is 2. The monoisotopic (exact) mass is 370 g/mol. The Bertz CT molecular complexity index is 826.